The van der Waals surface area contributed by atoms with Gasteiger partial charge in [0.2, 0.25) is 0 Å². The van der Waals surface area contributed by atoms with Gasteiger partial charge in [-0.25, -0.2) is 0 Å². The molecule has 1 heterocycles. The third kappa shape index (κ3) is 3.01. The number of rotatable bonds is 5. The lowest BCUT2D eigenvalue weighted by atomic mass is 9.84. The molecule has 20 heavy (non-hydrogen) atoms. The molecule has 110 valence electrons. The number of nitrogens with one attached hydrogen (secondary N) is 1. The second-order valence-electron chi connectivity index (χ2n) is 6.36. The molecule has 0 aromatic heterocycles. The van der Waals surface area contributed by atoms with Crippen molar-refractivity contribution in [3.05, 3.63) is 29.3 Å². The minimum Gasteiger partial charge on any atom is -0.493 e. The number of benzene rings is 1. The van der Waals surface area contributed by atoms with Crippen molar-refractivity contribution in [3.63, 3.8) is 0 Å². The number of hydrogen-bond donors (Lipinski definition) is 1. The minimum absolute atomic E-state index is 0.449. The van der Waals surface area contributed by atoms with Crippen LogP contribution < -0.4 is 10.1 Å². The van der Waals surface area contributed by atoms with Gasteiger partial charge in [0.15, 0.2) is 0 Å². The molecule has 1 fully saturated rings. The van der Waals surface area contributed by atoms with Gasteiger partial charge in [0.25, 0.3) is 0 Å². The number of ether oxygens (including phenoxy) is 1. The fourth-order valence-electron chi connectivity index (χ4n) is 3.85. The molecule has 0 spiro atoms. The highest BCUT2D eigenvalue weighted by Crippen LogP contribution is 2.36. The Morgan fingerprint density at radius 1 is 1.25 bits per heavy atom. The van der Waals surface area contributed by atoms with Crippen molar-refractivity contribution in [1.82, 2.24) is 5.32 Å². The highest BCUT2D eigenvalue weighted by atomic mass is 16.5. The molecule has 1 atom stereocenters. The van der Waals surface area contributed by atoms with Gasteiger partial charge in [-0.1, -0.05) is 50.3 Å². The highest BCUT2D eigenvalue weighted by molar-refractivity contribution is 5.45. The van der Waals surface area contributed by atoms with Gasteiger partial charge in [-0.15, -0.1) is 0 Å². The predicted molar refractivity (Wildman–Crippen MR) is 83.3 cm³/mol. The summed E-state index contributed by atoms with van der Waals surface area (Å²) in [6.45, 7) is 0.853. The van der Waals surface area contributed by atoms with Crippen LogP contribution >= 0.6 is 0 Å². The molecule has 3 rings (SSSR count). The molecule has 1 aromatic carbocycles. The van der Waals surface area contributed by atoms with Crippen LogP contribution in [0.5, 0.6) is 5.75 Å². The van der Waals surface area contributed by atoms with Gasteiger partial charge in [-0.05, 0) is 31.4 Å². The molecule has 2 aliphatic rings. The zero-order valence-corrected chi connectivity index (χ0v) is 12.7. The molecule has 0 radical (unpaired) electrons. The molecule has 1 aliphatic heterocycles. The van der Waals surface area contributed by atoms with E-state index >= 15 is 0 Å². The highest BCUT2D eigenvalue weighted by Gasteiger charge is 2.22. The lowest BCUT2D eigenvalue weighted by molar-refractivity contribution is 0.312. The SMILES string of the molecule is CNC(CCC1CCCCC1)c1cccc2c1OCC2. The van der Waals surface area contributed by atoms with Gasteiger partial charge in [0.05, 0.1) is 6.61 Å². The maximum Gasteiger partial charge on any atom is 0.127 e. The van der Waals surface area contributed by atoms with E-state index < -0.39 is 0 Å². The van der Waals surface area contributed by atoms with Gasteiger partial charge < -0.3 is 10.1 Å². The molecule has 0 bridgehead atoms. The monoisotopic (exact) mass is 273 g/mol. The maximum atomic E-state index is 5.86. The van der Waals surface area contributed by atoms with Crippen molar-refractivity contribution >= 4 is 0 Å². The Labute approximate surface area is 122 Å². The van der Waals surface area contributed by atoms with Crippen LogP contribution in [0.15, 0.2) is 18.2 Å². The Bertz CT molecular complexity index is 437. The molecule has 1 aromatic rings. The summed E-state index contributed by atoms with van der Waals surface area (Å²) >= 11 is 0. The predicted octanol–water partition coefficient (Wildman–Crippen LogP) is 4.24. The standard InChI is InChI=1S/C18H27NO/c1-19-17(11-10-14-6-3-2-4-7-14)16-9-5-8-15-12-13-20-18(15)16/h5,8-9,14,17,19H,2-4,6-7,10-13H2,1H3. The number of hydrogen-bond acceptors (Lipinski definition) is 2. The Kier molecular flexibility index (Phi) is 4.62. The molecular weight excluding hydrogens is 246 g/mol. The van der Waals surface area contributed by atoms with Crippen LogP contribution in [-0.4, -0.2) is 13.7 Å². The van der Waals surface area contributed by atoms with Crippen molar-refractivity contribution in [2.75, 3.05) is 13.7 Å². The van der Waals surface area contributed by atoms with Crippen LogP contribution in [-0.2, 0) is 6.42 Å². The minimum atomic E-state index is 0.449. The molecule has 1 unspecified atom stereocenters. The summed E-state index contributed by atoms with van der Waals surface area (Å²) in [5.41, 5.74) is 2.76. The van der Waals surface area contributed by atoms with E-state index in [0.29, 0.717) is 6.04 Å². The van der Waals surface area contributed by atoms with Crippen molar-refractivity contribution in [3.8, 4) is 5.75 Å². The fourth-order valence-corrected chi connectivity index (χ4v) is 3.85. The molecule has 0 amide bonds. The summed E-state index contributed by atoms with van der Waals surface area (Å²) in [5.74, 6) is 2.12. The maximum absolute atomic E-state index is 5.86. The second kappa shape index (κ2) is 6.62. The normalized spacial score (nSPS) is 20.4. The Balaban J connectivity index is 1.65. The molecule has 1 N–H and O–H groups in total. The lowest BCUT2D eigenvalue weighted by Crippen LogP contribution is -2.19. The first-order valence-corrected chi connectivity index (χ1v) is 8.30. The van der Waals surface area contributed by atoms with E-state index in [2.05, 4.69) is 30.6 Å². The Morgan fingerprint density at radius 2 is 2.10 bits per heavy atom. The van der Waals surface area contributed by atoms with Crippen LogP contribution in [0.4, 0.5) is 0 Å². The van der Waals surface area contributed by atoms with E-state index in [1.807, 2.05) is 0 Å². The molecule has 1 saturated carbocycles. The van der Waals surface area contributed by atoms with E-state index in [1.165, 1.54) is 56.1 Å². The van der Waals surface area contributed by atoms with Crippen molar-refractivity contribution in [1.29, 1.82) is 0 Å². The van der Waals surface area contributed by atoms with E-state index in [9.17, 15) is 0 Å². The van der Waals surface area contributed by atoms with Crippen LogP contribution in [0.1, 0.15) is 62.1 Å². The summed E-state index contributed by atoms with van der Waals surface area (Å²) in [7, 11) is 2.08. The first kappa shape index (κ1) is 13.9. The van der Waals surface area contributed by atoms with Gasteiger partial charge in [-0.3, -0.25) is 0 Å². The Morgan fingerprint density at radius 3 is 2.90 bits per heavy atom. The molecule has 0 saturated heterocycles. The van der Waals surface area contributed by atoms with E-state index in [-0.39, 0.29) is 0 Å². The third-order valence-corrected chi connectivity index (χ3v) is 5.06. The number of fused-ring (bicyclic) bond motifs is 1. The van der Waals surface area contributed by atoms with Gasteiger partial charge in [-0.2, -0.15) is 0 Å². The van der Waals surface area contributed by atoms with E-state index in [0.717, 1.165) is 24.7 Å². The van der Waals surface area contributed by atoms with Crippen LogP contribution in [0.3, 0.4) is 0 Å². The topological polar surface area (TPSA) is 21.3 Å². The van der Waals surface area contributed by atoms with Crippen molar-refractivity contribution < 1.29 is 4.74 Å². The van der Waals surface area contributed by atoms with Crippen LogP contribution in [0, 0.1) is 5.92 Å². The van der Waals surface area contributed by atoms with Crippen molar-refractivity contribution in [2.24, 2.45) is 5.92 Å². The first-order valence-electron chi connectivity index (χ1n) is 8.30. The van der Waals surface area contributed by atoms with Gasteiger partial charge in [0, 0.05) is 18.0 Å². The summed E-state index contributed by atoms with van der Waals surface area (Å²) < 4.78 is 5.86. The smallest absolute Gasteiger partial charge is 0.127 e. The van der Waals surface area contributed by atoms with Gasteiger partial charge in [0.1, 0.15) is 5.75 Å². The lowest BCUT2D eigenvalue weighted by Gasteiger charge is -2.25. The summed E-state index contributed by atoms with van der Waals surface area (Å²) in [5, 5.41) is 3.51. The molecule has 2 nitrogen and oxygen atoms in total. The molecule has 2 heteroatoms. The van der Waals surface area contributed by atoms with Crippen molar-refractivity contribution in [2.45, 2.75) is 57.4 Å². The first-order chi connectivity index (χ1) is 9.88. The summed E-state index contributed by atoms with van der Waals surface area (Å²) in [6.07, 6.45) is 10.9. The fraction of sp³-hybridized carbons (Fsp3) is 0.667. The van der Waals surface area contributed by atoms with Crippen LogP contribution in [0.25, 0.3) is 0 Å². The van der Waals surface area contributed by atoms with E-state index in [4.69, 9.17) is 4.74 Å². The zero-order chi connectivity index (χ0) is 13.8. The second-order valence-corrected chi connectivity index (χ2v) is 6.36. The molecule has 1 aliphatic carbocycles. The average Bonchev–Trinajstić information content (AvgIpc) is 2.98. The zero-order valence-electron chi connectivity index (χ0n) is 12.7. The quantitative estimate of drug-likeness (QED) is 0.866. The average molecular weight is 273 g/mol. The Hall–Kier alpha value is -1.02. The largest absolute Gasteiger partial charge is 0.493 e. The van der Waals surface area contributed by atoms with Gasteiger partial charge >= 0.3 is 0 Å². The summed E-state index contributed by atoms with van der Waals surface area (Å²) in [4.78, 5) is 0. The third-order valence-electron chi connectivity index (χ3n) is 5.06. The number of para-hydroxylation sites is 1. The van der Waals surface area contributed by atoms with E-state index in [1.54, 1.807) is 0 Å². The molecular formula is C18H27NO. The van der Waals surface area contributed by atoms with Crippen LogP contribution in [0.2, 0.25) is 0 Å². The summed E-state index contributed by atoms with van der Waals surface area (Å²) in [6, 6.07) is 7.09.